The van der Waals surface area contributed by atoms with Gasteiger partial charge in [0.25, 0.3) is 0 Å². The topological polar surface area (TPSA) is 83.8 Å². The maximum Gasteiger partial charge on any atom is 0.331 e. The van der Waals surface area contributed by atoms with Crippen molar-refractivity contribution < 1.29 is 24.5 Å². The number of aliphatic carboxylic acids is 1. The molecule has 4 bridgehead atoms. The lowest BCUT2D eigenvalue weighted by Gasteiger charge is -2.69. The van der Waals surface area contributed by atoms with Gasteiger partial charge in [-0.1, -0.05) is 12.5 Å². The zero-order valence-corrected chi connectivity index (χ0v) is 15.1. The molecule has 4 aliphatic rings. The molecule has 0 aromatic carbocycles. The first kappa shape index (κ1) is 17.5. The van der Waals surface area contributed by atoms with Crippen molar-refractivity contribution in [1.82, 2.24) is 0 Å². The molecule has 0 spiro atoms. The van der Waals surface area contributed by atoms with Crippen LogP contribution in [0, 0.1) is 21.7 Å². The van der Waals surface area contributed by atoms with Gasteiger partial charge in [0.05, 0.1) is 12.5 Å². The molecule has 0 aromatic heterocycles. The van der Waals surface area contributed by atoms with E-state index in [1.54, 1.807) is 6.92 Å². The number of allylic oxidation sites excluding steroid dienone is 1. The quantitative estimate of drug-likeness (QED) is 0.609. The standard InChI is InChI=1S/C19H28O5/c1-12(14(21)22)13(2)18-6-16(3)5-17(8-18,11-20)9-19(7-16,10-18)15(23)24-4/h20H,5-11H2,1-4H3,(H,21,22). The Kier molecular flexibility index (Phi) is 3.69. The first-order chi connectivity index (χ1) is 11.0. The van der Waals surface area contributed by atoms with Crippen LogP contribution in [0.3, 0.4) is 0 Å². The van der Waals surface area contributed by atoms with Gasteiger partial charge in [0.2, 0.25) is 0 Å². The SMILES string of the molecule is COC(=O)C12CC3(C)CC(CO)(C1)CC(C(C)=C(C)C(=O)O)(C3)C2. The molecule has 4 atom stereocenters. The molecule has 5 heteroatoms. The summed E-state index contributed by atoms with van der Waals surface area (Å²) in [6.45, 7) is 5.78. The first-order valence-electron chi connectivity index (χ1n) is 8.66. The Morgan fingerprint density at radius 1 is 1.00 bits per heavy atom. The second kappa shape index (κ2) is 5.07. The van der Waals surface area contributed by atoms with Crippen molar-refractivity contribution in [2.75, 3.05) is 13.7 Å². The number of hydrogen-bond donors (Lipinski definition) is 2. The van der Waals surface area contributed by atoms with E-state index in [1.807, 2.05) is 6.92 Å². The Bertz CT molecular complexity index is 638. The zero-order valence-electron chi connectivity index (χ0n) is 15.1. The lowest BCUT2D eigenvalue weighted by molar-refractivity contribution is -0.212. The minimum atomic E-state index is -0.904. The predicted octanol–water partition coefficient (Wildman–Crippen LogP) is 2.92. The number of carboxylic acids is 1. The lowest BCUT2D eigenvalue weighted by atomic mass is 9.34. The van der Waals surface area contributed by atoms with E-state index >= 15 is 0 Å². The number of carbonyl (C=O) groups excluding carboxylic acids is 1. The van der Waals surface area contributed by atoms with Crippen molar-refractivity contribution in [3.63, 3.8) is 0 Å². The first-order valence-corrected chi connectivity index (χ1v) is 8.66. The smallest absolute Gasteiger partial charge is 0.331 e. The second-order valence-corrected chi connectivity index (χ2v) is 9.14. The van der Waals surface area contributed by atoms with Gasteiger partial charge in [-0.15, -0.1) is 0 Å². The van der Waals surface area contributed by atoms with Crippen LogP contribution in [0.1, 0.15) is 59.3 Å². The van der Waals surface area contributed by atoms with Gasteiger partial charge in [0.15, 0.2) is 0 Å². The van der Waals surface area contributed by atoms with E-state index in [4.69, 9.17) is 4.74 Å². The van der Waals surface area contributed by atoms with E-state index in [0.717, 1.165) is 31.3 Å². The minimum Gasteiger partial charge on any atom is -0.478 e. The number of hydrogen-bond acceptors (Lipinski definition) is 4. The largest absolute Gasteiger partial charge is 0.478 e. The fourth-order valence-electron chi connectivity index (χ4n) is 6.93. The van der Waals surface area contributed by atoms with Gasteiger partial charge >= 0.3 is 11.9 Å². The van der Waals surface area contributed by atoms with Gasteiger partial charge in [-0.25, -0.2) is 4.79 Å². The molecule has 4 unspecified atom stereocenters. The monoisotopic (exact) mass is 336 g/mol. The number of ether oxygens (including phenoxy) is 1. The van der Waals surface area contributed by atoms with E-state index in [9.17, 15) is 19.8 Å². The molecule has 4 rings (SSSR count). The van der Waals surface area contributed by atoms with Crippen molar-refractivity contribution in [3.05, 3.63) is 11.1 Å². The van der Waals surface area contributed by atoms with Gasteiger partial charge in [0, 0.05) is 12.2 Å². The van der Waals surface area contributed by atoms with Crippen LogP contribution >= 0.6 is 0 Å². The predicted molar refractivity (Wildman–Crippen MR) is 88.2 cm³/mol. The number of rotatable bonds is 4. The maximum absolute atomic E-state index is 12.7. The fraction of sp³-hybridized carbons (Fsp3) is 0.789. The third-order valence-electron chi connectivity index (χ3n) is 7.07. The van der Waals surface area contributed by atoms with Crippen LogP contribution in [0.25, 0.3) is 0 Å². The molecule has 0 saturated heterocycles. The van der Waals surface area contributed by atoms with Crippen LogP contribution in [0.4, 0.5) is 0 Å². The van der Waals surface area contributed by atoms with Crippen LogP contribution < -0.4 is 0 Å². The molecule has 134 valence electrons. The van der Waals surface area contributed by atoms with E-state index in [-0.39, 0.29) is 28.8 Å². The van der Waals surface area contributed by atoms with Crippen LogP contribution in [-0.4, -0.2) is 35.9 Å². The molecule has 24 heavy (non-hydrogen) atoms. The van der Waals surface area contributed by atoms with Gasteiger partial charge in [-0.3, -0.25) is 4.79 Å². The molecule has 4 fully saturated rings. The average Bonchev–Trinajstić information content (AvgIpc) is 2.50. The maximum atomic E-state index is 12.7. The highest BCUT2D eigenvalue weighted by molar-refractivity contribution is 5.87. The third kappa shape index (κ3) is 2.24. The van der Waals surface area contributed by atoms with E-state index in [0.29, 0.717) is 18.4 Å². The summed E-state index contributed by atoms with van der Waals surface area (Å²) >= 11 is 0. The summed E-state index contributed by atoms with van der Waals surface area (Å²) in [6, 6.07) is 0. The number of aliphatic hydroxyl groups is 1. The molecular weight excluding hydrogens is 308 g/mol. The molecule has 2 N–H and O–H groups in total. The molecule has 0 heterocycles. The van der Waals surface area contributed by atoms with Gasteiger partial charge in [-0.2, -0.15) is 0 Å². The number of carbonyl (C=O) groups is 2. The van der Waals surface area contributed by atoms with E-state index < -0.39 is 11.4 Å². The van der Waals surface area contributed by atoms with Gasteiger partial charge in [0.1, 0.15) is 0 Å². The molecule has 0 amide bonds. The number of methoxy groups -OCH3 is 1. The number of carboxylic acid groups (broad SMARTS) is 1. The summed E-state index contributed by atoms with van der Waals surface area (Å²) < 4.78 is 5.15. The Morgan fingerprint density at radius 2 is 1.58 bits per heavy atom. The number of esters is 1. The summed E-state index contributed by atoms with van der Waals surface area (Å²) in [7, 11) is 1.42. The molecule has 0 aliphatic heterocycles. The van der Waals surface area contributed by atoms with Crippen LogP contribution in [-0.2, 0) is 14.3 Å². The van der Waals surface area contributed by atoms with Gasteiger partial charge < -0.3 is 14.9 Å². The molecule has 4 aliphatic carbocycles. The summed E-state index contributed by atoms with van der Waals surface area (Å²) in [5.41, 5.74) is -0.0621. The summed E-state index contributed by atoms with van der Waals surface area (Å²) in [6.07, 6.45) is 4.62. The lowest BCUT2D eigenvalue weighted by Crippen LogP contribution is -2.64. The Labute approximate surface area is 143 Å². The minimum absolute atomic E-state index is 0.0441. The highest BCUT2D eigenvalue weighted by atomic mass is 16.5. The molecule has 0 radical (unpaired) electrons. The van der Waals surface area contributed by atoms with Gasteiger partial charge in [-0.05, 0) is 68.6 Å². The van der Waals surface area contributed by atoms with Crippen molar-refractivity contribution in [2.24, 2.45) is 21.7 Å². The summed E-state index contributed by atoms with van der Waals surface area (Å²) in [5, 5.41) is 19.6. The van der Waals surface area contributed by atoms with Crippen molar-refractivity contribution in [2.45, 2.75) is 59.3 Å². The van der Waals surface area contributed by atoms with Crippen LogP contribution in [0.2, 0.25) is 0 Å². The highest BCUT2D eigenvalue weighted by Crippen LogP contribution is 2.75. The van der Waals surface area contributed by atoms with E-state index in [1.165, 1.54) is 7.11 Å². The van der Waals surface area contributed by atoms with Crippen LogP contribution in [0.5, 0.6) is 0 Å². The molecular formula is C19H28O5. The van der Waals surface area contributed by atoms with E-state index in [2.05, 4.69) is 6.92 Å². The normalized spacial score (nSPS) is 44.2. The van der Waals surface area contributed by atoms with Crippen molar-refractivity contribution in [3.8, 4) is 0 Å². The van der Waals surface area contributed by atoms with Crippen molar-refractivity contribution in [1.29, 1.82) is 0 Å². The highest BCUT2D eigenvalue weighted by Gasteiger charge is 2.69. The molecule has 4 saturated carbocycles. The Hall–Kier alpha value is -1.36. The second-order valence-electron chi connectivity index (χ2n) is 9.14. The Morgan fingerprint density at radius 3 is 2.12 bits per heavy atom. The molecule has 0 aromatic rings. The zero-order chi connectivity index (χ0) is 18.0. The number of aliphatic hydroxyl groups excluding tert-OH is 1. The summed E-state index contributed by atoms with van der Waals surface area (Å²) in [5.74, 6) is -1.10. The summed E-state index contributed by atoms with van der Waals surface area (Å²) in [4.78, 5) is 24.2. The average molecular weight is 336 g/mol. The molecule has 5 nitrogen and oxygen atoms in total. The third-order valence-corrected chi connectivity index (χ3v) is 7.07. The van der Waals surface area contributed by atoms with Crippen LogP contribution in [0.15, 0.2) is 11.1 Å². The Balaban J connectivity index is 2.18. The van der Waals surface area contributed by atoms with Crippen molar-refractivity contribution >= 4 is 11.9 Å². The fourth-order valence-corrected chi connectivity index (χ4v) is 6.93.